The van der Waals surface area contributed by atoms with Crippen LogP contribution in [-0.4, -0.2) is 9.97 Å². The fourth-order valence-corrected chi connectivity index (χ4v) is 2.44. The van der Waals surface area contributed by atoms with E-state index in [2.05, 4.69) is 27.5 Å². The number of rotatable bonds is 3. The van der Waals surface area contributed by atoms with Gasteiger partial charge in [-0.05, 0) is 42.3 Å². The lowest BCUT2D eigenvalue weighted by Gasteiger charge is -2.18. The Balaban J connectivity index is 2.10. The Kier molecular flexibility index (Phi) is 3.41. The van der Waals surface area contributed by atoms with E-state index in [1.165, 1.54) is 0 Å². The molecule has 1 unspecified atom stereocenters. The van der Waals surface area contributed by atoms with Crippen molar-refractivity contribution in [1.29, 1.82) is 0 Å². The lowest BCUT2D eigenvalue weighted by molar-refractivity contribution is 0.631. The zero-order valence-electron chi connectivity index (χ0n) is 11.2. The molecule has 4 heteroatoms. The van der Waals surface area contributed by atoms with Crippen LogP contribution >= 0.6 is 0 Å². The van der Waals surface area contributed by atoms with Gasteiger partial charge < -0.3 is 0 Å². The molecule has 2 heterocycles. The van der Waals surface area contributed by atoms with Gasteiger partial charge in [0.25, 0.3) is 0 Å². The van der Waals surface area contributed by atoms with Gasteiger partial charge in [-0.2, -0.15) is 0 Å². The van der Waals surface area contributed by atoms with Crippen molar-refractivity contribution in [3.63, 3.8) is 0 Å². The third kappa shape index (κ3) is 2.27. The minimum atomic E-state index is -0.0756. The highest BCUT2D eigenvalue weighted by molar-refractivity contribution is 5.79. The Bertz CT molecular complexity index is 739. The maximum absolute atomic E-state index is 5.76. The van der Waals surface area contributed by atoms with E-state index in [1.807, 2.05) is 37.3 Å². The van der Waals surface area contributed by atoms with E-state index in [4.69, 9.17) is 5.84 Å². The topological polar surface area (TPSA) is 63.8 Å². The number of hydrogen-bond donors (Lipinski definition) is 2. The summed E-state index contributed by atoms with van der Waals surface area (Å²) in [4.78, 5) is 8.66. The predicted molar refractivity (Wildman–Crippen MR) is 79.9 cm³/mol. The average Bonchev–Trinajstić information content (AvgIpc) is 2.50. The maximum Gasteiger partial charge on any atom is 0.0727 e. The van der Waals surface area contributed by atoms with E-state index >= 15 is 0 Å². The predicted octanol–water partition coefficient (Wildman–Crippen LogP) is 2.49. The van der Waals surface area contributed by atoms with Crippen molar-refractivity contribution in [2.45, 2.75) is 13.0 Å². The molecule has 0 aliphatic heterocycles. The summed E-state index contributed by atoms with van der Waals surface area (Å²) in [5.41, 5.74) is 7.02. The highest BCUT2D eigenvalue weighted by Gasteiger charge is 2.15. The van der Waals surface area contributed by atoms with E-state index in [0.29, 0.717) is 0 Å². The Morgan fingerprint density at radius 2 is 1.85 bits per heavy atom. The first-order chi connectivity index (χ1) is 9.79. The summed E-state index contributed by atoms with van der Waals surface area (Å²) in [5.74, 6) is 5.76. The fraction of sp³-hybridized carbons (Fsp3) is 0.125. The first-order valence-electron chi connectivity index (χ1n) is 6.52. The molecule has 3 N–H and O–H groups in total. The third-order valence-electron chi connectivity index (χ3n) is 3.49. The molecule has 20 heavy (non-hydrogen) atoms. The Morgan fingerprint density at radius 3 is 2.65 bits per heavy atom. The molecule has 3 aromatic rings. The zero-order chi connectivity index (χ0) is 13.9. The standard InChI is InChI=1S/C16H16N4/c1-11-14(5-3-8-18-11)16(20-17)13-6-7-15-12(10-13)4-2-9-19-15/h2-10,16,20H,17H2,1H3. The molecule has 0 saturated heterocycles. The number of nitrogens with zero attached hydrogens (tertiary/aromatic N) is 2. The van der Waals surface area contributed by atoms with Crippen molar-refractivity contribution in [3.05, 3.63) is 71.7 Å². The summed E-state index contributed by atoms with van der Waals surface area (Å²) in [6, 6.07) is 14.1. The van der Waals surface area contributed by atoms with Gasteiger partial charge in [-0.3, -0.25) is 15.8 Å². The quantitative estimate of drug-likeness (QED) is 0.563. The Labute approximate surface area is 117 Å². The smallest absolute Gasteiger partial charge is 0.0727 e. The van der Waals surface area contributed by atoms with Crippen LogP contribution in [0.2, 0.25) is 0 Å². The number of fused-ring (bicyclic) bond motifs is 1. The normalized spacial score (nSPS) is 12.5. The van der Waals surface area contributed by atoms with Crippen molar-refractivity contribution in [2.75, 3.05) is 0 Å². The molecule has 2 aromatic heterocycles. The molecule has 0 saturated carbocycles. The number of nitrogens with two attached hydrogens (primary N) is 1. The molecule has 1 aromatic carbocycles. The van der Waals surface area contributed by atoms with Crippen LogP contribution in [0.3, 0.4) is 0 Å². The first-order valence-corrected chi connectivity index (χ1v) is 6.52. The van der Waals surface area contributed by atoms with Gasteiger partial charge in [-0.1, -0.05) is 18.2 Å². The van der Waals surface area contributed by atoms with E-state index < -0.39 is 0 Å². The van der Waals surface area contributed by atoms with Crippen LogP contribution in [0.5, 0.6) is 0 Å². The van der Waals surface area contributed by atoms with Crippen molar-refractivity contribution < 1.29 is 0 Å². The number of nitrogens with one attached hydrogen (secondary N) is 1. The summed E-state index contributed by atoms with van der Waals surface area (Å²) in [6.07, 6.45) is 3.59. The van der Waals surface area contributed by atoms with Crippen LogP contribution in [0.15, 0.2) is 54.9 Å². The van der Waals surface area contributed by atoms with Crippen LogP contribution in [0.4, 0.5) is 0 Å². The molecule has 1 atom stereocenters. The lowest BCUT2D eigenvalue weighted by Crippen LogP contribution is -2.29. The maximum atomic E-state index is 5.76. The van der Waals surface area contributed by atoms with Crippen LogP contribution in [0, 0.1) is 6.92 Å². The second kappa shape index (κ2) is 5.36. The summed E-state index contributed by atoms with van der Waals surface area (Å²) >= 11 is 0. The minimum Gasteiger partial charge on any atom is -0.271 e. The van der Waals surface area contributed by atoms with E-state index in [9.17, 15) is 0 Å². The molecule has 3 rings (SSSR count). The van der Waals surface area contributed by atoms with Gasteiger partial charge in [0.1, 0.15) is 0 Å². The highest BCUT2D eigenvalue weighted by atomic mass is 15.2. The minimum absolute atomic E-state index is 0.0756. The molecule has 0 spiro atoms. The zero-order valence-corrected chi connectivity index (χ0v) is 11.2. The second-order valence-electron chi connectivity index (χ2n) is 4.73. The van der Waals surface area contributed by atoms with E-state index in [-0.39, 0.29) is 6.04 Å². The number of hydrazine groups is 1. The molecular formula is C16H16N4. The number of benzene rings is 1. The van der Waals surface area contributed by atoms with Gasteiger partial charge in [-0.25, -0.2) is 5.43 Å². The van der Waals surface area contributed by atoms with Crippen LogP contribution in [0.1, 0.15) is 22.9 Å². The summed E-state index contributed by atoms with van der Waals surface area (Å²) in [6.45, 7) is 1.99. The van der Waals surface area contributed by atoms with Crippen molar-refractivity contribution >= 4 is 10.9 Å². The summed E-state index contributed by atoms with van der Waals surface area (Å²) < 4.78 is 0. The fourth-order valence-electron chi connectivity index (χ4n) is 2.44. The van der Waals surface area contributed by atoms with Gasteiger partial charge >= 0.3 is 0 Å². The SMILES string of the molecule is Cc1ncccc1C(NN)c1ccc2ncccc2c1. The number of pyridine rings is 2. The molecule has 0 bridgehead atoms. The van der Waals surface area contributed by atoms with Gasteiger partial charge in [0, 0.05) is 23.5 Å². The first kappa shape index (κ1) is 12.7. The second-order valence-corrected chi connectivity index (χ2v) is 4.73. The molecule has 4 nitrogen and oxygen atoms in total. The van der Waals surface area contributed by atoms with Gasteiger partial charge in [0.15, 0.2) is 0 Å². The molecule has 0 aliphatic rings. The molecule has 0 aliphatic carbocycles. The van der Waals surface area contributed by atoms with Gasteiger partial charge in [0.2, 0.25) is 0 Å². The Morgan fingerprint density at radius 1 is 1.05 bits per heavy atom. The molecule has 0 fully saturated rings. The van der Waals surface area contributed by atoms with E-state index in [0.717, 1.165) is 27.7 Å². The largest absolute Gasteiger partial charge is 0.271 e. The van der Waals surface area contributed by atoms with Crippen molar-refractivity contribution in [2.24, 2.45) is 5.84 Å². The third-order valence-corrected chi connectivity index (χ3v) is 3.49. The Hall–Kier alpha value is -2.30. The van der Waals surface area contributed by atoms with Crippen LogP contribution in [0.25, 0.3) is 10.9 Å². The monoisotopic (exact) mass is 264 g/mol. The summed E-state index contributed by atoms with van der Waals surface area (Å²) in [5, 5.41) is 1.10. The molecule has 0 amide bonds. The van der Waals surface area contributed by atoms with Crippen LogP contribution < -0.4 is 11.3 Å². The van der Waals surface area contributed by atoms with E-state index in [1.54, 1.807) is 12.4 Å². The molecule has 0 radical (unpaired) electrons. The lowest BCUT2D eigenvalue weighted by atomic mass is 9.97. The van der Waals surface area contributed by atoms with Crippen molar-refractivity contribution in [3.8, 4) is 0 Å². The highest BCUT2D eigenvalue weighted by Crippen LogP contribution is 2.25. The van der Waals surface area contributed by atoms with Gasteiger partial charge in [0.05, 0.1) is 11.6 Å². The van der Waals surface area contributed by atoms with Gasteiger partial charge in [-0.15, -0.1) is 0 Å². The number of hydrogen-bond acceptors (Lipinski definition) is 4. The molecule has 100 valence electrons. The number of aromatic nitrogens is 2. The summed E-state index contributed by atoms with van der Waals surface area (Å²) in [7, 11) is 0. The van der Waals surface area contributed by atoms with Crippen molar-refractivity contribution in [1.82, 2.24) is 15.4 Å². The number of aryl methyl sites for hydroxylation is 1. The van der Waals surface area contributed by atoms with Crippen LogP contribution in [-0.2, 0) is 0 Å². The average molecular weight is 264 g/mol. The molecular weight excluding hydrogens is 248 g/mol.